The normalized spacial score (nSPS) is 10.1. The predicted octanol–water partition coefficient (Wildman–Crippen LogP) is 2.36. The van der Waals surface area contributed by atoms with Crippen LogP contribution < -0.4 is 15.8 Å². The van der Waals surface area contributed by atoms with E-state index in [-0.39, 0.29) is 11.1 Å². The Bertz CT molecular complexity index is 634. The number of hydrogen-bond acceptors (Lipinski definition) is 5. The van der Waals surface area contributed by atoms with Crippen LogP contribution in [0.4, 0.5) is 11.6 Å². The fraction of sp³-hybridized carbons (Fsp3) is 0.154. The Balaban J connectivity index is 2.27. The lowest BCUT2D eigenvalue weighted by Crippen LogP contribution is -2.16. The molecule has 1 heterocycles. The summed E-state index contributed by atoms with van der Waals surface area (Å²) < 4.78 is 5.40. The van der Waals surface area contributed by atoms with E-state index in [0.29, 0.717) is 23.6 Å². The number of rotatable bonds is 4. The minimum absolute atomic E-state index is 0.118. The Morgan fingerprint density at radius 2 is 2.25 bits per heavy atom. The first-order valence-corrected chi connectivity index (χ1v) is 6.30. The summed E-state index contributed by atoms with van der Waals surface area (Å²) in [4.78, 5) is 20.0. The van der Waals surface area contributed by atoms with Crippen LogP contribution in [0.2, 0.25) is 5.15 Å². The Morgan fingerprint density at radius 3 is 2.95 bits per heavy atom. The van der Waals surface area contributed by atoms with Gasteiger partial charge in [-0.05, 0) is 25.1 Å². The van der Waals surface area contributed by atoms with E-state index in [1.165, 1.54) is 12.3 Å². The molecule has 1 aromatic heterocycles. The first-order valence-electron chi connectivity index (χ1n) is 5.93. The van der Waals surface area contributed by atoms with Gasteiger partial charge in [-0.1, -0.05) is 17.7 Å². The molecule has 0 aliphatic heterocycles. The van der Waals surface area contributed by atoms with Crippen molar-refractivity contribution in [2.45, 2.75) is 6.92 Å². The molecule has 6 nitrogen and oxygen atoms in total. The van der Waals surface area contributed by atoms with Gasteiger partial charge in [-0.3, -0.25) is 10.1 Å². The van der Waals surface area contributed by atoms with Crippen molar-refractivity contribution >= 4 is 29.1 Å². The maximum Gasteiger partial charge on any atom is 0.261 e. The molecule has 0 spiro atoms. The monoisotopic (exact) mass is 292 g/mol. The van der Waals surface area contributed by atoms with Crippen molar-refractivity contribution in [3.05, 3.63) is 41.2 Å². The highest BCUT2D eigenvalue weighted by Gasteiger charge is 2.16. The topological polar surface area (TPSA) is 90.1 Å². The average molecular weight is 293 g/mol. The predicted molar refractivity (Wildman–Crippen MR) is 77.0 cm³/mol. The first kappa shape index (κ1) is 14.1. The molecule has 0 bridgehead atoms. The molecule has 7 heteroatoms. The average Bonchev–Trinajstić information content (AvgIpc) is 2.41. The third-order valence-corrected chi connectivity index (χ3v) is 2.64. The molecule has 0 unspecified atom stereocenters. The van der Waals surface area contributed by atoms with E-state index in [9.17, 15) is 4.79 Å². The molecule has 3 N–H and O–H groups in total. The van der Waals surface area contributed by atoms with Crippen LogP contribution in [0.1, 0.15) is 17.3 Å². The summed E-state index contributed by atoms with van der Waals surface area (Å²) in [6, 6.07) is 6.47. The molecule has 0 aliphatic carbocycles. The van der Waals surface area contributed by atoms with Crippen LogP contribution in [0.3, 0.4) is 0 Å². The van der Waals surface area contributed by atoms with Crippen molar-refractivity contribution in [3.8, 4) is 5.75 Å². The summed E-state index contributed by atoms with van der Waals surface area (Å²) in [5, 5.41) is 2.79. The fourth-order valence-electron chi connectivity index (χ4n) is 1.60. The van der Waals surface area contributed by atoms with Gasteiger partial charge in [0.1, 0.15) is 5.15 Å². The minimum Gasteiger partial charge on any atom is -0.491 e. The maximum absolute atomic E-state index is 12.2. The van der Waals surface area contributed by atoms with Crippen LogP contribution in [-0.2, 0) is 0 Å². The van der Waals surface area contributed by atoms with E-state index in [1.807, 2.05) is 6.92 Å². The zero-order chi connectivity index (χ0) is 14.5. The number of aromatic nitrogens is 2. The van der Waals surface area contributed by atoms with Crippen molar-refractivity contribution in [1.82, 2.24) is 9.97 Å². The molecule has 0 atom stereocenters. The Hall–Kier alpha value is -2.34. The summed E-state index contributed by atoms with van der Waals surface area (Å²) in [7, 11) is 0. The summed E-state index contributed by atoms with van der Waals surface area (Å²) in [6.45, 7) is 2.22. The number of para-hydroxylation sites is 1. The third-order valence-electron chi connectivity index (χ3n) is 2.43. The van der Waals surface area contributed by atoms with Gasteiger partial charge in [-0.25, -0.2) is 9.97 Å². The number of carbonyl (C=O) groups excluding carboxylic acids is 1. The molecular weight excluding hydrogens is 280 g/mol. The van der Waals surface area contributed by atoms with Gasteiger partial charge in [0.2, 0.25) is 5.95 Å². The van der Waals surface area contributed by atoms with E-state index in [2.05, 4.69) is 15.3 Å². The van der Waals surface area contributed by atoms with Crippen molar-refractivity contribution in [3.63, 3.8) is 0 Å². The van der Waals surface area contributed by atoms with E-state index in [1.54, 1.807) is 18.2 Å². The molecule has 2 rings (SSSR count). The summed E-state index contributed by atoms with van der Waals surface area (Å²) in [5.41, 5.74) is 6.52. The van der Waals surface area contributed by atoms with E-state index in [4.69, 9.17) is 22.1 Å². The molecule has 0 saturated carbocycles. The molecule has 1 amide bonds. The quantitative estimate of drug-likeness (QED) is 0.667. The van der Waals surface area contributed by atoms with Crippen molar-refractivity contribution in [2.24, 2.45) is 0 Å². The summed E-state index contributed by atoms with van der Waals surface area (Å²) in [6.07, 6.45) is 1.45. The van der Waals surface area contributed by atoms with Gasteiger partial charge >= 0.3 is 0 Å². The maximum atomic E-state index is 12.2. The smallest absolute Gasteiger partial charge is 0.261 e. The van der Waals surface area contributed by atoms with Crippen LogP contribution in [-0.4, -0.2) is 22.5 Å². The highest BCUT2D eigenvalue weighted by atomic mass is 35.5. The lowest BCUT2D eigenvalue weighted by molar-refractivity contribution is 0.102. The number of nitrogens with one attached hydrogen (secondary N) is 1. The highest BCUT2D eigenvalue weighted by molar-refractivity contribution is 6.29. The number of hydrogen-bond donors (Lipinski definition) is 2. The van der Waals surface area contributed by atoms with E-state index >= 15 is 0 Å². The second-order valence-corrected chi connectivity index (χ2v) is 4.20. The van der Waals surface area contributed by atoms with Gasteiger partial charge in [0.25, 0.3) is 5.91 Å². The number of anilines is 2. The fourth-order valence-corrected chi connectivity index (χ4v) is 1.74. The number of nitrogens with zero attached hydrogens (tertiary/aromatic N) is 2. The van der Waals surface area contributed by atoms with Gasteiger partial charge in [-0.15, -0.1) is 0 Å². The van der Waals surface area contributed by atoms with Crippen LogP contribution in [0, 0.1) is 0 Å². The number of nitrogen functional groups attached to an aromatic ring is 1. The second kappa shape index (κ2) is 6.21. The molecule has 0 fully saturated rings. The molecule has 2 aromatic rings. The van der Waals surface area contributed by atoms with E-state index < -0.39 is 5.91 Å². The van der Waals surface area contributed by atoms with Gasteiger partial charge in [0.05, 0.1) is 17.9 Å². The molecule has 104 valence electrons. The van der Waals surface area contributed by atoms with Crippen LogP contribution in [0.15, 0.2) is 30.5 Å². The molecule has 0 saturated heterocycles. The van der Waals surface area contributed by atoms with Gasteiger partial charge < -0.3 is 10.5 Å². The van der Waals surface area contributed by atoms with Gasteiger partial charge in [0.15, 0.2) is 5.75 Å². The zero-order valence-electron chi connectivity index (χ0n) is 10.8. The molecule has 0 radical (unpaired) electrons. The van der Waals surface area contributed by atoms with E-state index in [0.717, 1.165) is 0 Å². The molecular formula is C13H13ClN4O2. The first-order chi connectivity index (χ1) is 9.61. The van der Waals surface area contributed by atoms with Crippen LogP contribution >= 0.6 is 11.6 Å². The number of amides is 1. The van der Waals surface area contributed by atoms with Crippen LogP contribution in [0.5, 0.6) is 5.75 Å². The molecule has 0 aliphatic rings. The Labute approximate surface area is 120 Å². The largest absolute Gasteiger partial charge is 0.491 e. The van der Waals surface area contributed by atoms with Crippen molar-refractivity contribution in [1.29, 1.82) is 0 Å². The van der Waals surface area contributed by atoms with Crippen molar-refractivity contribution in [2.75, 3.05) is 17.7 Å². The number of benzene rings is 1. The highest BCUT2D eigenvalue weighted by Crippen LogP contribution is 2.26. The van der Waals surface area contributed by atoms with Gasteiger partial charge in [-0.2, -0.15) is 0 Å². The van der Waals surface area contributed by atoms with Gasteiger partial charge in [0, 0.05) is 6.20 Å². The zero-order valence-corrected chi connectivity index (χ0v) is 11.5. The second-order valence-electron chi connectivity index (χ2n) is 3.81. The lowest BCUT2D eigenvalue weighted by Gasteiger charge is -2.12. The molecule has 1 aromatic carbocycles. The Kier molecular flexibility index (Phi) is 4.37. The number of nitrogens with two attached hydrogens (primary N) is 1. The number of carbonyl (C=O) groups is 1. The van der Waals surface area contributed by atoms with Crippen LogP contribution in [0.25, 0.3) is 0 Å². The number of ether oxygens (including phenoxy) is 1. The minimum atomic E-state index is -0.414. The van der Waals surface area contributed by atoms with Crippen molar-refractivity contribution < 1.29 is 9.53 Å². The Morgan fingerprint density at radius 1 is 1.45 bits per heavy atom. The lowest BCUT2D eigenvalue weighted by atomic mass is 10.1. The summed E-state index contributed by atoms with van der Waals surface area (Å²) in [5.74, 6) is 0.0462. The SMILES string of the molecule is CCOc1c(N)cccc1C(=O)Nc1nccc(Cl)n1. The number of halogens is 1. The standard InChI is InChI=1S/C13H13ClN4O2/c1-2-20-11-8(4-3-5-9(11)15)12(19)18-13-16-7-6-10(14)17-13/h3-7H,2,15H2,1H3,(H,16,17,18,19). The molecule has 20 heavy (non-hydrogen) atoms. The summed E-state index contributed by atoms with van der Waals surface area (Å²) >= 11 is 5.73. The third kappa shape index (κ3) is 3.16.